The first kappa shape index (κ1) is 16.2. The van der Waals surface area contributed by atoms with Crippen LogP contribution in [0.2, 0.25) is 0 Å². The Morgan fingerprint density at radius 2 is 2.04 bits per heavy atom. The number of carbonyl (C=O) groups is 3. The van der Waals surface area contributed by atoms with Crippen molar-refractivity contribution >= 4 is 29.1 Å². The fourth-order valence-corrected chi connectivity index (χ4v) is 4.23. The molecule has 1 aromatic heterocycles. The number of nitrogens with zero attached hydrogens (tertiary/aromatic N) is 1. The van der Waals surface area contributed by atoms with Gasteiger partial charge in [-0.15, -0.1) is 11.3 Å². The Morgan fingerprint density at radius 3 is 2.65 bits per heavy atom. The van der Waals surface area contributed by atoms with Crippen LogP contribution < -0.4 is 5.32 Å². The number of rotatable bonds is 4. The fraction of sp³-hybridized carbons (Fsp3) is 0.588. The quantitative estimate of drug-likeness (QED) is 0.680. The molecule has 0 atom stereocenters. The summed E-state index contributed by atoms with van der Waals surface area (Å²) in [6.07, 6.45) is 4.07. The summed E-state index contributed by atoms with van der Waals surface area (Å²) in [5.41, 5.74) is -0.770. The smallest absolute Gasteiger partial charge is 0.323 e. The van der Waals surface area contributed by atoms with Gasteiger partial charge >= 0.3 is 6.03 Å². The van der Waals surface area contributed by atoms with E-state index in [-0.39, 0.29) is 18.2 Å². The van der Waals surface area contributed by atoms with Crippen LogP contribution in [-0.4, -0.2) is 34.7 Å². The number of carbonyl (C=O) groups excluding carboxylic acids is 3. The lowest BCUT2D eigenvalue weighted by Crippen LogP contribution is -2.49. The van der Waals surface area contributed by atoms with Gasteiger partial charge in [0.2, 0.25) is 0 Å². The molecule has 3 rings (SSSR count). The van der Waals surface area contributed by atoms with Gasteiger partial charge in [0, 0.05) is 4.88 Å². The third-order valence-electron chi connectivity index (χ3n) is 4.96. The molecule has 1 saturated heterocycles. The van der Waals surface area contributed by atoms with E-state index >= 15 is 0 Å². The molecule has 2 aliphatic rings. The van der Waals surface area contributed by atoms with Crippen LogP contribution >= 0.6 is 11.3 Å². The number of hydrogen-bond acceptors (Lipinski definition) is 4. The summed E-state index contributed by atoms with van der Waals surface area (Å²) >= 11 is 1.43. The minimum absolute atomic E-state index is 0.161. The number of amides is 3. The highest BCUT2D eigenvalue weighted by atomic mass is 32.1. The lowest BCUT2D eigenvalue weighted by molar-refractivity contribution is -0.132. The normalized spacial score (nSPS) is 27.6. The lowest BCUT2D eigenvalue weighted by atomic mass is 9.77. The topological polar surface area (TPSA) is 66.5 Å². The average molecular weight is 334 g/mol. The first-order chi connectivity index (χ1) is 10.9. The van der Waals surface area contributed by atoms with Gasteiger partial charge < -0.3 is 5.32 Å². The van der Waals surface area contributed by atoms with E-state index < -0.39 is 11.6 Å². The number of nitrogens with one attached hydrogen (secondary N) is 1. The van der Waals surface area contributed by atoms with Gasteiger partial charge in [0.25, 0.3) is 5.91 Å². The van der Waals surface area contributed by atoms with E-state index in [0.29, 0.717) is 23.6 Å². The molecule has 1 N–H and O–H groups in total. The molecule has 1 aliphatic heterocycles. The Labute approximate surface area is 140 Å². The van der Waals surface area contributed by atoms with Crippen LogP contribution in [0.25, 0.3) is 0 Å². The van der Waals surface area contributed by atoms with E-state index in [1.807, 2.05) is 13.0 Å². The van der Waals surface area contributed by atoms with Crippen LogP contribution in [0.15, 0.2) is 12.1 Å². The monoisotopic (exact) mass is 334 g/mol. The van der Waals surface area contributed by atoms with Crippen LogP contribution in [0, 0.1) is 5.92 Å². The Balaban J connectivity index is 1.72. The number of urea groups is 1. The van der Waals surface area contributed by atoms with E-state index in [0.717, 1.165) is 29.0 Å². The molecule has 1 aromatic rings. The van der Waals surface area contributed by atoms with Crippen molar-refractivity contribution in [2.45, 2.75) is 51.5 Å². The Kier molecular flexibility index (Phi) is 4.27. The third kappa shape index (κ3) is 2.92. The molecule has 0 aromatic carbocycles. The predicted molar refractivity (Wildman–Crippen MR) is 88.6 cm³/mol. The SMILES string of the molecule is CCc1ccc(C(=O)CN2C(=O)NC3(CCC(C)CC3)C2=O)s1. The summed E-state index contributed by atoms with van der Waals surface area (Å²) in [5, 5.41) is 2.85. The lowest BCUT2D eigenvalue weighted by Gasteiger charge is -2.33. The second-order valence-corrected chi connectivity index (χ2v) is 7.80. The molecule has 124 valence electrons. The molecule has 5 nitrogen and oxygen atoms in total. The van der Waals surface area contributed by atoms with Crippen molar-refractivity contribution in [1.82, 2.24) is 10.2 Å². The van der Waals surface area contributed by atoms with Gasteiger partial charge in [-0.2, -0.15) is 0 Å². The molecule has 1 spiro atoms. The third-order valence-corrected chi connectivity index (χ3v) is 6.23. The Morgan fingerprint density at radius 1 is 1.35 bits per heavy atom. The van der Waals surface area contributed by atoms with Gasteiger partial charge in [-0.1, -0.05) is 13.8 Å². The molecule has 23 heavy (non-hydrogen) atoms. The summed E-state index contributed by atoms with van der Waals surface area (Å²) in [6.45, 7) is 4.04. The molecule has 1 saturated carbocycles. The molecule has 1 aliphatic carbocycles. The summed E-state index contributed by atoms with van der Waals surface area (Å²) in [7, 11) is 0. The maximum atomic E-state index is 12.7. The largest absolute Gasteiger partial charge is 0.325 e. The molecule has 2 heterocycles. The molecule has 0 unspecified atom stereocenters. The van der Waals surface area contributed by atoms with Crippen molar-refractivity contribution in [3.8, 4) is 0 Å². The number of Topliss-reactive ketones (excluding diaryl/α,β-unsaturated/α-hetero) is 1. The van der Waals surface area contributed by atoms with Gasteiger partial charge in [0.1, 0.15) is 5.54 Å². The van der Waals surface area contributed by atoms with E-state index in [2.05, 4.69) is 12.2 Å². The van der Waals surface area contributed by atoms with E-state index in [9.17, 15) is 14.4 Å². The number of thiophene rings is 1. The van der Waals surface area contributed by atoms with Crippen molar-refractivity contribution in [3.05, 3.63) is 21.9 Å². The molecular formula is C17H22N2O3S. The van der Waals surface area contributed by atoms with Crippen LogP contribution in [0.3, 0.4) is 0 Å². The number of ketones is 1. The molecule has 0 bridgehead atoms. The average Bonchev–Trinajstić information content (AvgIpc) is 3.10. The number of imide groups is 1. The highest BCUT2D eigenvalue weighted by Crippen LogP contribution is 2.36. The summed E-state index contributed by atoms with van der Waals surface area (Å²) in [4.78, 5) is 40.2. The Hall–Kier alpha value is -1.69. The van der Waals surface area contributed by atoms with Crippen molar-refractivity contribution in [2.75, 3.05) is 6.54 Å². The minimum Gasteiger partial charge on any atom is -0.323 e. The van der Waals surface area contributed by atoms with E-state index in [1.165, 1.54) is 11.3 Å². The van der Waals surface area contributed by atoms with Crippen molar-refractivity contribution in [1.29, 1.82) is 0 Å². The first-order valence-corrected chi connectivity index (χ1v) is 9.03. The number of aryl methyl sites for hydroxylation is 1. The predicted octanol–water partition coefficient (Wildman–Crippen LogP) is 2.99. The van der Waals surface area contributed by atoms with Crippen LogP contribution in [0.5, 0.6) is 0 Å². The van der Waals surface area contributed by atoms with E-state index in [1.54, 1.807) is 6.07 Å². The van der Waals surface area contributed by atoms with Crippen LogP contribution in [-0.2, 0) is 11.2 Å². The second kappa shape index (κ2) is 6.07. The standard InChI is InChI=1S/C17H22N2O3S/c1-3-12-4-5-14(23-12)13(20)10-19-15(21)17(18-16(19)22)8-6-11(2)7-9-17/h4-5,11H,3,6-10H2,1-2H3,(H,18,22). The van der Waals surface area contributed by atoms with Crippen molar-refractivity contribution in [3.63, 3.8) is 0 Å². The zero-order chi connectivity index (χ0) is 16.6. The van der Waals surface area contributed by atoms with Crippen molar-refractivity contribution in [2.24, 2.45) is 5.92 Å². The molecule has 0 radical (unpaired) electrons. The van der Waals surface area contributed by atoms with Crippen LogP contribution in [0.1, 0.15) is 54.1 Å². The zero-order valence-corrected chi connectivity index (χ0v) is 14.4. The molecule has 6 heteroatoms. The minimum atomic E-state index is -0.770. The first-order valence-electron chi connectivity index (χ1n) is 8.21. The highest BCUT2D eigenvalue weighted by molar-refractivity contribution is 7.14. The zero-order valence-electron chi connectivity index (χ0n) is 13.6. The van der Waals surface area contributed by atoms with Gasteiger partial charge in [-0.25, -0.2) is 4.79 Å². The second-order valence-electron chi connectivity index (χ2n) is 6.63. The van der Waals surface area contributed by atoms with Gasteiger partial charge in [0.05, 0.1) is 11.4 Å². The summed E-state index contributed by atoms with van der Waals surface area (Å²) in [6, 6.07) is 3.28. The molecule has 3 amide bonds. The summed E-state index contributed by atoms with van der Waals surface area (Å²) < 4.78 is 0. The molecule has 2 fully saturated rings. The maximum absolute atomic E-state index is 12.7. The highest BCUT2D eigenvalue weighted by Gasteiger charge is 2.52. The number of hydrogen-bond donors (Lipinski definition) is 1. The van der Waals surface area contributed by atoms with Gasteiger partial charge in [-0.3, -0.25) is 14.5 Å². The van der Waals surface area contributed by atoms with Crippen molar-refractivity contribution < 1.29 is 14.4 Å². The maximum Gasteiger partial charge on any atom is 0.325 e. The van der Waals surface area contributed by atoms with Gasteiger partial charge in [-0.05, 0) is 50.2 Å². The fourth-order valence-electron chi connectivity index (χ4n) is 3.35. The van der Waals surface area contributed by atoms with E-state index in [4.69, 9.17) is 0 Å². The summed E-state index contributed by atoms with van der Waals surface area (Å²) in [5.74, 6) is 0.189. The molecular weight excluding hydrogens is 312 g/mol. The van der Waals surface area contributed by atoms with Gasteiger partial charge in [0.15, 0.2) is 5.78 Å². The van der Waals surface area contributed by atoms with Crippen LogP contribution in [0.4, 0.5) is 4.79 Å². The Bertz CT molecular complexity index is 644.